The van der Waals surface area contributed by atoms with Crippen LogP contribution in [0.25, 0.3) is 0 Å². The van der Waals surface area contributed by atoms with Crippen LogP contribution in [0.5, 0.6) is 0 Å². The van der Waals surface area contributed by atoms with Crippen LogP contribution in [-0.2, 0) is 80.0 Å². The molecule has 1 aromatic carbocycles. The third-order valence-corrected chi connectivity index (χ3v) is 18.7. The van der Waals surface area contributed by atoms with Crippen molar-refractivity contribution < 1.29 is 82.4 Å². The Hall–Kier alpha value is -9.09. The number of thioether (sulfide) groups is 1. The summed E-state index contributed by atoms with van der Waals surface area (Å²) >= 11 is 1.34. The predicted molar refractivity (Wildman–Crippen MR) is 370 cm³/mol. The van der Waals surface area contributed by atoms with Crippen molar-refractivity contribution in [2.24, 2.45) is 45.9 Å². The van der Waals surface area contributed by atoms with E-state index in [1.807, 2.05) is 13.8 Å². The van der Waals surface area contributed by atoms with Gasteiger partial charge in [0.2, 0.25) is 70.9 Å². The fraction of sp³-hybridized carbons (Fsp3) is 0.636. The lowest BCUT2D eigenvalue weighted by atomic mass is 9.96. The molecule has 1 fully saturated rings. The van der Waals surface area contributed by atoms with Gasteiger partial charge in [-0.25, -0.2) is 4.98 Å². The van der Waals surface area contributed by atoms with Crippen LogP contribution in [0.2, 0.25) is 0 Å². The molecule has 101 heavy (non-hydrogen) atoms. The highest BCUT2D eigenvalue weighted by Crippen LogP contribution is 2.25. The lowest BCUT2D eigenvalue weighted by Gasteiger charge is -2.30. The summed E-state index contributed by atoms with van der Waals surface area (Å²) in [6, 6.07) is -9.05. The molecule has 0 saturated carbocycles. The van der Waals surface area contributed by atoms with Crippen molar-refractivity contribution >= 4 is 99.6 Å². The van der Waals surface area contributed by atoms with E-state index in [1.165, 1.54) is 24.3 Å². The van der Waals surface area contributed by atoms with Crippen LogP contribution >= 0.6 is 11.8 Å². The minimum absolute atomic E-state index is 0.000458. The van der Waals surface area contributed by atoms with Gasteiger partial charge in [-0.15, -0.1) is 11.8 Å². The first-order chi connectivity index (χ1) is 47.8. The van der Waals surface area contributed by atoms with Crippen LogP contribution in [0.4, 0.5) is 0 Å². The van der Waals surface area contributed by atoms with Crippen LogP contribution in [0.1, 0.15) is 150 Å². The van der Waals surface area contributed by atoms with E-state index in [1.54, 1.807) is 71.9 Å². The van der Waals surface area contributed by atoms with E-state index in [-0.39, 0.29) is 81.2 Å². The molecule has 35 heteroatoms. The number of carboxylic acid groups (broad SMARTS) is 2. The fourth-order valence-electron chi connectivity index (χ4n) is 10.9. The molecule has 0 radical (unpaired) electrons. The molecule has 2 aliphatic heterocycles. The Balaban J connectivity index is 1.79. The highest BCUT2D eigenvalue weighted by atomic mass is 32.2. The molecule has 3 heterocycles. The van der Waals surface area contributed by atoms with E-state index < -0.39 is 212 Å². The zero-order valence-corrected chi connectivity index (χ0v) is 59.3. The highest BCUT2D eigenvalue weighted by Gasteiger charge is 2.40. The number of benzene rings is 1. The molecule has 12 amide bonds. The Morgan fingerprint density at radius 1 is 0.653 bits per heavy atom. The van der Waals surface area contributed by atoms with Crippen molar-refractivity contribution in [3.63, 3.8) is 0 Å². The van der Waals surface area contributed by atoms with Crippen molar-refractivity contribution in [2.45, 2.75) is 230 Å². The van der Waals surface area contributed by atoms with Gasteiger partial charge in [0, 0.05) is 36.9 Å². The number of aliphatic carboxylic acids is 2. The number of carbonyl (C=O) groups is 14. The summed E-state index contributed by atoms with van der Waals surface area (Å²) in [4.78, 5) is 207. The summed E-state index contributed by atoms with van der Waals surface area (Å²) in [5.41, 5.74) is 18.6. The van der Waals surface area contributed by atoms with Gasteiger partial charge < -0.3 is 96.0 Å². The van der Waals surface area contributed by atoms with E-state index in [0.29, 0.717) is 10.6 Å². The number of nitrogens with two attached hydrogens (primary N) is 3. The van der Waals surface area contributed by atoms with Gasteiger partial charge >= 0.3 is 11.9 Å². The summed E-state index contributed by atoms with van der Waals surface area (Å²) in [7, 11) is 0. The van der Waals surface area contributed by atoms with Gasteiger partial charge in [0.1, 0.15) is 72.7 Å². The van der Waals surface area contributed by atoms with Gasteiger partial charge in [0.25, 0.3) is 0 Å². The molecule has 1 aromatic heterocycles. The normalized spacial score (nSPS) is 23.8. The summed E-state index contributed by atoms with van der Waals surface area (Å²) in [5.74, 6) is -16.3. The van der Waals surface area contributed by atoms with Crippen LogP contribution in [-0.4, -0.2) is 204 Å². The average molecular weight is 1440 g/mol. The number of hydrogen-bond donors (Lipinski definition) is 18. The Labute approximate surface area is 590 Å². The maximum atomic E-state index is 14.9. The summed E-state index contributed by atoms with van der Waals surface area (Å²) < 4.78 is 0. The minimum Gasteiger partial charge on any atom is -0.481 e. The number of rotatable bonds is 31. The van der Waals surface area contributed by atoms with E-state index >= 15 is 0 Å². The van der Waals surface area contributed by atoms with Gasteiger partial charge in [0.15, 0.2) is 0 Å². The average Bonchev–Trinajstić information content (AvgIpc) is 1.82. The first-order valence-electron chi connectivity index (χ1n) is 34.2. The Morgan fingerprint density at radius 2 is 1.24 bits per heavy atom. The number of carboxylic acids is 2. The van der Waals surface area contributed by atoms with Crippen LogP contribution < -0.4 is 75.7 Å². The van der Waals surface area contributed by atoms with Gasteiger partial charge in [-0.3, -0.25) is 72.1 Å². The summed E-state index contributed by atoms with van der Waals surface area (Å²) in [5, 5.41) is 59.6. The third kappa shape index (κ3) is 28.1. The second-order valence-corrected chi connectivity index (χ2v) is 27.2. The number of nitrogens with one attached hydrogen (secondary N) is 12. The third-order valence-electron chi connectivity index (χ3n) is 17.5. The van der Waals surface area contributed by atoms with Crippen molar-refractivity contribution in [1.29, 1.82) is 0 Å². The number of primary amides is 1. The lowest BCUT2D eigenvalue weighted by molar-refractivity contribution is -0.142. The van der Waals surface area contributed by atoms with Crippen molar-refractivity contribution in [3.8, 4) is 0 Å². The number of aromatic nitrogens is 2. The molecule has 2 aromatic rings. The van der Waals surface area contributed by atoms with E-state index in [2.05, 4.69) is 73.4 Å². The largest absolute Gasteiger partial charge is 0.481 e. The molecule has 560 valence electrons. The zero-order valence-electron chi connectivity index (χ0n) is 58.5. The van der Waals surface area contributed by atoms with Gasteiger partial charge in [0.05, 0.1) is 30.3 Å². The van der Waals surface area contributed by atoms with Crippen molar-refractivity contribution in [1.82, 2.24) is 68.5 Å². The van der Waals surface area contributed by atoms with E-state index in [4.69, 9.17) is 17.2 Å². The second-order valence-electron chi connectivity index (χ2n) is 26.1. The molecule has 4 rings (SSSR count). The van der Waals surface area contributed by atoms with Crippen molar-refractivity contribution in [2.75, 3.05) is 12.3 Å². The number of imidazole rings is 1. The number of carbonyl (C=O) groups excluding carboxylic acids is 12. The quantitative estimate of drug-likeness (QED) is 0.0375. The van der Waals surface area contributed by atoms with Gasteiger partial charge in [-0.1, -0.05) is 105 Å². The van der Waals surface area contributed by atoms with Crippen LogP contribution in [0.3, 0.4) is 0 Å². The lowest BCUT2D eigenvalue weighted by Crippen LogP contribution is -2.62. The number of nitrogens with zero attached hydrogens (tertiary/aromatic N) is 2. The first-order valence-corrected chi connectivity index (χ1v) is 35.2. The first kappa shape index (κ1) is 84.3. The molecule has 21 N–H and O–H groups in total. The molecule has 1 saturated heterocycles. The maximum Gasteiger partial charge on any atom is 0.305 e. The standard InChI is InChI=1S/C66H103N17O17S/c1-9-34(6)52(69)66-80-47(31-101-66)63(98)75-42(25-33(4)5)58(93)73-41(22-23-50(86)87)57(92)83-53(35(7)10-2)64(99)74-39-19-15-21-49(85)81-62(97)45(28-48(68)84)77-61(96)46(29-51(88)89)78-60(95)44(27-38-30-70-32-71-38)76-59(94)43(26-37-17-13-12-14-18-37)79-65(100)54(36(8)11-3)82-56(91)40(20-16-24-67)72-55(39)90/h12-14,17-18,30,32-36,39-47,49,52-54,85H,9-11,15-16,19-29,31,67,69H2,1-8H3,(H2,68,84)(H,70,71)(H,72,90)(H,73,93)(H,74,99)(H,75,98)(H,76,94)(H,77,96)(H,78,95)(H,79,100)(H,81,97)(H,82,91)(H,83,92)(H,86,87)(H,88,89)/t34-,35-,36-,39-,40+,41+,42-,43+,44-,45-,46+,47-,49?,52-,53-,54-/m0/s1. The topological polar surface area (TPSA) is 551 Å². The molecular formula is C66H103N17O17S. The van der Waals surface area contributed by atoms with Crippen molar-refractivity contribution in [3.05, 3.63) is 54.1 Å². The van der Waals surface area contributed by atoms with E-state index in [0.717, 1.165) is 6.42 Å². The molecule has 16 atom stereocenters. The SMILES string of the molecule is CC[C@H](C)[C@H](N)C1=N[C@H](C(=O)N[C@@H](CC(C)C)C(=O)N[C@H](CCC(=O)O)C(=O)N[C@H](C(=O)N[C@H]2CCCC(O)NC(=O)[C@H](CC(N)=O)NC(=O)[C@@H](CC(=O)O)NC(=O)[C@H](Cc3cnc[nH]3)NC(=O)[C@@H](Cc3ccccc3)NC(=O)[C@H]([C@@H](C)CC)NC(=O)[C@@H](CCCN)NC2=O)[C@@H](C)CC)CS1. The number of hydrogen-bond acceptors (Lipinski definition) is 20. The Kier molecular flexibility index (Phi) is 35.3. The minimum atomic E-state index is -2.01. The summed E-state index contributed by atoms with van der Waals surface area (Å²) in [6.45, 7) is 14.2. The molecule has 1 unspecified atom stereocenters. The number of H-pyrrole nitrogens is 1. The number of aliphatic hydroxyl groups excluding tert-OH is 1. The number of amides is 12. The Bertz CT molecular complexity index is 3200. The molecular weight excluding hydrogens is 1330 g/mol. The smallest absolute Gasteiger partial charge is 0.305 e. The van der Waals surface area contributed by atoms with Crippen LogP contribution in [0.15, 0.2) is 47.8 Å². The number of aliphatic hydroxyl groups is 1. The van der Waals surface area contributed by atoms with Gasteiger partial charge in [-0.2, -0.15) is 0 Å². The Morgan fingerprint density at radius 3 is 1.82 bits per heavy atom. The number of aliphatic imine (C=N–C) groups is 1. The molecule has 0 aliphatic carbocycles. The predicted octanol–water partition coefficient (Wildman–Crippen LogP) is -2.36. The molecule has 0 bridgehead atoms. The zero-order chi connectivity index (χ0) is 75.2. The summed E-state index contributed by atoms with van der Waals surface area (Å²) in [6.07, 6.45) is -2.85. The molecule has 0 spiro atoms. The fourth-order valence-corrected chi connectivity index (χ4v) is 12.1. The maximum absolute atomic E-state index is 14.9. The van der Waals surface area contributed by atoms with Crippen LogP contribution in [0, 0.1) is 23.7 Å². The van der Waals surface area contributed by atoms with Gasteiger partial charge in [-0.05, 0) is 80.7 Å². The highest BCUT2D eigenvalue weighted by molar-refractivity contribution is 8.14. The number of aromatic amines is 1. The van der Waals surface area contributed by atoms with E-state index in [9.17, 15) is 82.4 Å². The second kappa shape index (κ2) is 42.2. The molecule has 2 aliphatic rings. The molecule has 34 nitrogen and oxygen atoms in total. The monoisotopic (exact) mass is 1440 g/mol.